The zero-order valence-electron chi connectivity index (χ0n) is 26.4. The molecule has 10 nitrogen and oxygen atoms in total. The molecule has 0 radical (unpaired) electrons. The fourth-order valence-electron chi connectivity index (χ4n) is 6.70. The van der Waals surface area contributed by atoms with Crippen molar-refractivity contribution in [3.63, 3.8) is 0 Å². The number of allylic oxidation sites excluding steroid dienone is 4. The van der Waals surface area contributed by atoms with Gasteiger partial charge in [0.2, 0.25) is 0 Å². The second-order valence-electron chi connectivity index (χ2n) is 12.9. The number of Topliss-reactive ketones (excluding diaryl/α,β-unsaturated/α-hetero) is 4. The molecule has 10 heteroatoms. The highest BCUT2D eigenvalue weighted by Gasteiger charge is 2.52. The van der Waals surface area contributed by atoms with Crippen molar-refractivity contribution < 1.29 is 38.2 Å². The van der Waals surface area contributed by atoms with Crippen LogP contribution in [0, 0.1) is 22.7 Å². The molecule has 0 unspecified atom stereocenters. The summed E-state index contributed by atoms with van der Waals surface area (Å²) in [6.45, 7) is 12.9. The third-order valence-corrected chi connectivity index (χ3v) is 8.83. The van der Waals surface area contributed by atoms with Crippen molar-refractivity contribution in [2.45, 2.75) is 80.1 Å². The molecule has 0 aromatic carbocycles. The molecule has 1 fully saturated rings. The largest absolute Gasteiger partial charge is 0.468 e. The molecule has 0 saturated carbocycles. The number of esters is 2. The number of rotatable bonds is 10. The van der Waals surface area contributed by atoms with E-state index in [0.29, 0.717) is 63.3 Å². The Morgan fingerprint density at radius 1 is 0.667 bits per heavy atom. The molecule has 232 valence electrons. The molecule has 2 atom stereocenters. The van der Waals surface area contributed by atoms with Gasteiger partial charge in [0, 0.05) is 50.4 Å². The maximum atomic E-state index is 13.7. The van der Waals surface area contributed by atoms with Gasteiger partial charge < -0.3 is 19.3 Å². The third kappa shape index (κ3) is 6.22. The summed E-state index contributed by atoms with van der Waals surface area (Å²) in [5.74, 6) is -4.91. The van der Waals surface area contributed by atoms with Crippen molar-refractivity contribution in [1.29, 1.82) is 0 Å². The predicted octanol–water partition coefficient (Wildman–Crippen LogP) is 3.43. The molecular weight excluding hydrogens is 540 g/mol. The highest BCUT2D eigenvalue weighted by molar-refractivity contribution is 6.26. The molecule has 1 heterocycles. The summed E-state index contributed by atoms with van der Waals surface area (Å²) < 4.78 is 9.89. The van der Waals surface area contributed by atoms with E-state index in [-0.39, 0.29) is 35.6 Å². The quantitative estimate of drug-likeness (QED) is 0.213. The van der Waals surface area contributed by atoms with Crippen LogP contribution in [0.5, 0.6) is 0 Å². The number of carbonyl (C=O) groups is 6. The minimum absolute atomic E-state index is 0.0907. The molecule has 0 N–H and O–H groups in total. The van der Waals surface area contributed by atoms with Gasteiger partial charge in [-0.1, -0.05) is 41.5 Å². The fraction of sp³-hybridized carbons (Fsp3) is 0.688. The summed E-state index contributed by atoms with van der Waals surface area (Å²) in [5, 5.41) is 0. The zero-order valence-corrected chi connectivity index (χ0v) is 26.4. The molecule has 3 aliphatic rings. The second kappa shape index (κ2) is 12.9. The monoisotopic (exact) mass is 586 g/mol. The van der Waals surface area contributed by atoms with Crippen molar-refractivity contribution in [1.82, 2.24) is 9.80 Å². The molecule has 42 heavy (non-hydrogen) atoms. The van der Waals surface area contributed by atoms with E-state index in [1.165, 1.54) is 14.2 Å². The second-order valence-corrected chi connectivity index (χ2v) is 12.9. The molecule has 0 aromatic rings. The number of hydrogen-bond acceptors (Lipinski definition) is 10. The van der Waals surface area contributed by atoms with E-state index in [1.807, 2.05) is 51.3 Å². The first-order valence-electron chi connectivity index (χ1n) is 14.9. The minimum Gasteiger partial charge on any atom is -0.468 e. The molecule has 1 saturated heterocycles. The lowest BCUT2D eigenvalue weighted by Gasteiger charge is -2.47. The van der Waals surface area contributed by atoms with Crippen molar-refractivity contribution in [2.24, 2.45) is 22.7 Å². The minimum atomic E-state index is -1.06. The number of methoxy groups -OCH3 is 2. The van der Waals surface area contributed by atoms with Gasteiger partial charge in [0.25, 0.3) is 0 Å². The van der Waals surface area contributed by atoms with Crippen molar-refractivity contribution in [2.75, 3.05) is 40.4 Å². The van der Waals surface area contributed by atoms with Gasteiger partial charge in [0.05, 0.1) is 25.4 Å². The first kappa shape index (κ1) is 33.2. The van der Waals surface area contributed by atoms with Crippen LogP contribution in [-0.2, 0) is 38.2 Å². The summed E-state index contributed by atoms with van der Waals surface area (Å²) in [6.07, 6.45) is 2.27. The summed E-state index contributed by atoms with van der Waals surface area (Å²) in [4.78, 5) is 83.2. The number of ketones is 4. The molecule has 0 aromatic heterocycles. The van der Waals surface area contributed by atoms with Crippen LogP contribution in [-0.4, -0.2) is 85.3 Å². The van der Waals surface area contributed by atoms with Crippen LogP contribution in [0.2, 0.25) is 0 Å². The Hall–Kier alpha value is -3.30. The van der Waals surface area contributed by atoms with Crippen LogP contribution < -0.4 is 0 Å². The lowest BCUT2D eigenvalue weighted by molar-refractivity contribution is -0.156. The topological polar surface area (TPSA) is 127 Å². The first-order valence-corrected chi connectivity index (χ1v) is 14.9. The van der Waals surface area contributed by atoms with E-state index in [1.54, 1.807) is 0 Å². The van der Waals surface area contributed by atoms with Gasteiger partial charge >= 0.3 is 11.9 Å². The normalized spacial score (nSPS) is 24.1. The van der Waals surface area contributed by atoms with E-state index in [4.69, 9.17) is 9.47 Å². The molecular formula is C32H46N2O8. The third-order valence-electron chi connectivity index (χ3n) is 8.83. The van der Waals surface area contributed by atoms with Crippen molar-refractivity contribution in [3.8, 4) is 0 Å². The zero-order chi connectivity index (χ0) is 31.6. The van der Waals surface area contributed by atoms with Crippen LogP contribution in [0.1, 0.15) is 80.1 Å². The summed E-state index contributed by atoms with van der Waals surface area (Å²) in [7, 11) is 2.49. The fourth-order valence-corrected chi connectivity index (χ4v) is 6.70. The number of hydrogen-bond donors (Lipinski definition) is 0. The first-order chi connectivity index (χ1) is 19.7. The number of nitrogens with zero attached hydrogens (tertiary/aromatic N) is 2. The smallest absolute Gasteiger partial charge is 0.317 e. The Kier molecular flexibility index (Phi) is 10.2. The van der Waals surface area contributed by atoms with Gasteiger partial charge in [-0.3, -0.25) is 28.8 Å². The molecule has 1 aliphatic heterocycles. The highest BCUT2D eigenvalue weighted by atomic mass is 16.5. The summed E-state index contributed by atoms with van der Waals surface area (Å²) in [6, 6.07) is 0. The van der Waals surface area contributed by atoms with Gasteiger partial charge in [0.15, 0.2) is 23.1 Å². The van der Waals surface area contributed by atoms with E-state index in [2.05, 4.69) is 0 Å². The van der Waals surface area contributed by atoms with E-state index in [9.17, 15) is 28.8 Å². The summed E-state index contributed by atoms with van der Waals surface area (Å²) in [5.41, 5.74) is -0.0357. The van der Waals surface area contributed by atoms with Gasteiger partial charge in [0.1, 0.15) is 11.8 Å². The van der Waals surface area contributed by atoms with Crippen LogP contribution in [0.3, 0.4) is 0 Å². The van der Waals surface area contributed by atoms with E-state index in [0.717, 1.165) is 0 Å². The number of carbonyl (C=O) groups excluding carboxylic acids is 6. The Labute approximate surface area is 248 Å². The average Bonchev–Trinajstić information content (AvgIpc) is 2.91. The van der Waals surface area contributed by atoms with Crippen molar-refractivity contribution >= 4 is 35.1 Å². The van der Waals surface area contributed by atoms with Crippen LogP contribution in [0.25, 0.3) is 0 Å². The van der Waals surface area contributed by atoms with Crippen LogP contribution in [0.4, 0.5) is 0 Å². The standard InChI is InChI=1S/C32H46N2O8/c1-9-11-21(35)23-19(17-31(3,4)25(27(23)37)29(39)41-7)33-13-15-34(16-14-33)20-18-32(5,6)26(30(40)42-8)28(38)24(20)22(36)12-10-2/h25-26H,9-18H2,1-8H3/t25-,26+. The number of ether oxygens (including phenoxy) is 2. The maximum absolute atomic E-state index is 13.7. The van der Waals surface area contributed by atoms with E-state index < -0.39 is 46.2 Å². The lowest BCUT2D eigenvalue weighted by Crippen LogP contribution is -2.53. The Bertz CT molecular complexity index is 1120. The van der Waals surface area contributed by atoms with Crippen LogP contribution in [0.15, 0.2) is 22.5 Å². The van der Waals surface area contributed by atoms with Gasteiger partial charge in [-0.15, -0.1) is 0 Å². The van der Waals surface area contributed by atoms with Gasteiger partial charge in [-0.05, 0) is 36.5 Å². The molecule has 2 aliphatic carbocycles. The molecule has 0 bridgehead atoms. The molecule has 0 spiro atoms. The van der Waals surface area contributed by atoms with E-state index >= 15 is 0 Å². The lowest BCUT2D eigenvalue weighted by atomic mass is 9.66. The predicted molar refractivity (Wildman–Crippen MR) is 155 cm³/mol. The Morgan fingerprint density at radius 3 is 1.24 bits per heavy atom. The molecule has 3 rings (SSSR count). The number of piperazine rings is 1. The van der Waals surface area contributed by atoms with Gasteiger partial charge in [-0.25, -0.2) is 0 Å². The van der Waals surface area contributed by atoms with Gasteiger partial charge in [-0.2, -0.15) is 0 Å². The highest BCUT2D eigenvalue weighted by Crippen LogP contribution is 2.46. The van der Waals surface area contributed by atoms with Crippen LogP contribution >= 0.6 is 0 Å². The SMILES string of the molecule is CCCC(=O)C1=C(N2CCN(C3=C(C(=O)CCC)C(=O)[C@H](C(=O)OC)C(C)(C)C3)CC2)CC(C)(C)[C@H](C(=O)OC)C1=O. The maximum Gasteiger partial charge on any atom is 0.317 e. The Morgan fingerprint density at radius 2 is 0.976 bits per heavy atom. The molecule has 0 amide bonds. The van der Waals surface area contributed by atoms with Crippen molar-refractivity contribution in [3.05, 3.63) is 22.5 Å². The summed E-state index contributed by atoms with van der Waals surface area (Å²) >= 11 is 0. The Balaban J connectivity index is 2.00. The average molecular weight is 587 g/mol.